The molecule has 194 valence electrons. The lowest BCUT2D eigenvalue weighted by atomic mass is 9.79. The number of hydrogen-bond acceptors (Lipinski definition) is 5. The van der Waals surface area contributed by atoms with Crippen molar-refractivity contribution in [2.24, 2.45) is 5.92 Å². The summed E-state index contributed by atoms with van der Waals surface area (Å²) in [4.78, 5) is 30.6. The third-order valence-corrected chi connectivity index (χ3v) is 7.74. The maximum absolute atomic E-state index is 13.4. The summed E-state index contributed by atoms with van der Waals surface area (Å²) in [5, 5.41) is 2.70. The molecular weight excluding hydrogens is 457 g/mol. The molecule has 2 aliphatic rings. The minimum Gasteiger partial charge on any atom is -0.453 e. The number of ether oxygens (including phenoxy) is 1. The van der Waals surface area contributed by atoms with Crippen molar-refractivity contribution in [2.75, 3.05) is 13.7 Å². The van der Waals surface area contributed by atoms with Crippen LogP contribution >= 0.6 is 0 Å². The molecule has 2 fully saturated rings. The van der Waals surface area contributed by atoms with Crippen LogP contribution in [0.5, 0.6) is 0 Å². The molecule has 2 amide bonds. The van der Waals surface area contributed by atoms with Gasteiger partial charge in [-0.05, 0) is 69.6 Å². The summed E-state index contributed by atoms with van der Waals surface area (Å²) in [5.41, 5.74) is 3.25. The van der Waals surface area contributed by atoms with Crippen LogP contribution in [-0.4, -0.2) is 59.9 Å². The minimum atomic E-state index is -0.630. The first-order chi connectivity index (χ1) is 16.9. The molecule has 4 rings (SSSR count). The topological polar surface area (TPSA) is 92.9 Å². The number of amides is 2. The number of alkyl carbamates (subject to hydrolysis) is 1. The van der Waals surface area contributed by atoms with E-state index >= 15 is 0 Å². The number of aromatic nitrogens is 1. The lowest BCUT2D eigenvalue weighted by Crippen LogP contribution is -2.51. The number of nitrogens with one attached hydrogen (secondary N) is 2. The van der Waals surface area contributed by atoms with Crippen LogP contribution in [0.3, 0.4) is 0 Å². The first kappa shape index (κ1) is 26.3. The van der Waals surface area contributed by atoms with Crippen molar-refractivity contribution in [2.45, 2.75) is 77.7 Å². The Bertz CT molecular complexity index is 1080. The van der Waals surface area contributed by atoms with Gasteiger partial charge in [0, 0.05) is 17.9 Å². The molecule has 1 aromatic carbocycles. The molecule has 1 aromatic heterocycles. The number of rotatable bonds is 6. The van der Waals surface area contributed by atoms with Gasteiger partial charge in [0.2, 0.25) is 5.91 Å². The van der Waals surface area contributed by atoms with Crippen LogP contribution < -0.4 is 10.8 Å². The molecule has 0 bridgehead atoms. The normalized spacial score (nSPS) is 21.6. The van der Waals surface area contributed by atoms with Crippen molar-refractivity contribution in [3.05, 3.63) is 42.1 Å². The molecular formula is C27H38BN3O5. The van der Waals surface area contributed by atoms with Gasteiger partial charge in [-0.3, -0.25) is 4.79 Å². The quantitative estimate of drug-likeness (QED) is 0.591. The number of aromatic amines is 1. The summed E-state index contributed by atoms with van der Waals surface area (Å²) in [6, 6.07) is 11.6. The van der Waals surface area contributed by atoms with Gasteiger partial charge in [0.25, 0.3) is 0 Å². The van der Waals surface area contributed by atoms with E-state index < -0.39 is 19.3 Å². The zero-order chi connectivity index (χ0) is 26.3. The van der Waals surface area contributed by atoms with Crippen molar-refractivity contribution in [1.82, 2.24) is 15.2 Å². The summed E-state index contributed by atoms with van der Waals surface area (Å²) in [6.07, 6.45) is 1.19. The Labute approximate surface area is 214 Å². The maximum atomic E-state index is 13.4. The number of likely N-dealkylation sites (tertiary alicyclic amines) is 1. The monoisotopic (exact) mass is 495 g/mol. The van der Waals surface area contributed by atoms with Crippen molar-refractivity contribution < 1.29 is 23.6 Å². The Kier molecular flexibility index (Phi) is 7.26. The molecule has 8 nitrogen and oxygen atoms in total. The van der Waals surface area contributed by atoms with Gasteiger partial charge in [-0.2, -0.15) is 0 Å². The van der Waals surface area contributed by atoms with Crippen LogP contribution in [0.1, 0.15) is 66.1 Å². The Morgan fingerprint density at radius 2 is 1.72 bits per heavy atom. The van der Waals surface area contributed by atoms with Crippen molar-refractivity contribution >= 4 is 24.6 Å². The Morgan fingerprint density at radius 3 is 2.31 bits per heavy atom. The van der Waals surface area contributed by atoms with Gasteiger partial charge in [0.05, 0.1) is 24.4 Å². The maximum Gasteiger partial charge on any atom is 0.494 e. The van der Waals surface area contributed by atoms with Crippen LogP contribution in [0.4, 0.5) is 4.79 Å². The van der Waals surface area contributed by atoms with E-state index in [4.69, 9.17) is 14.0 Å². The highest BCUT2D eigenvalue weighted by Gasteiger charge is 2.51. The van der Waals surface area contributed by atoms with E-state index in [-0.39, 0.29) is 29.1 Å². The fourth-order valence-electron chi connectivity index (χ4n) is 4.81. The molecule has 0 aliphatic carbocycles. The Balaban J connectivity index is 1.48. The van der Waals surface area contributed by atoms with Crippen LogP contribution in [0.25, 0.3) is 11.3 Å². The molecule has 1 unspecified atom stereocenters. The molecule has 36 heavy (non-hydrogen) atoms. The number of H-pyrrole nitrogens is 1. The van der Waals surface area contributed by atoms with E-state index in [9.17, 15) is 9.59 Å². The van der Waals surface area contributed by atoms with Gasteiger partial charge >= 0.3 is 13.2 Å². The zero-order valence-corrected chi connectivity index (χ0v) is 22.4. The fraction of sp³-hybridized carbons (Fsp3) is 0.556. The van der Waals surface area contributed by atoms with E-state index in [1.165, 1.54) is 7.11 Å². The van der Waals surface area contributed by atoms with Crippen LogP contribution in [0.15, 0.2) is 36.4 Å². The molecule has 2 atom stereocenters. The van der Waals surface area contributed by atoms with Gasteiger partial charge < -0.3 is 29.2 Å². The SMILES string of the molecule is COC(=O)NC(C(=O)N1CCC[C@H]1c1ccc(-c2ccc(B3OC(C)(C)C(C)(C)O3)cc2)[nH]1)C(C)C. The van der Waals surface area contributed by atoms with E-state index in [0.29, 0.717) is 6.54 Å². The van der Waals surface area contributed by atoms with Crippen LogP contribution in [0, 0.1) is 5.92 Å². The first-order valence-electron chi connectivity index (χ1n) is 12.7. The number of methoxy groups -OCH3 is 1. The lowest BCUT2D eigenvalue weighted by molar-refractivity contribution is -0.135. The minimum absolute atomic E-state index is 0.0560. The Morgan fingerprint density at radius 1 is 1.08 bits per heavy atom. The predicted octanol–water partition coefficient (Wildman–Crippen LogP) is 4.03. The Hall–Kier alpha value is -2.78. The van der Waals surface area contributed by atoms with Crippen molar-refractivity contribution in [3.63, 3.8) is 0 Å². The summed E-state index contributed by atoms with van der Waals surface area (Å²) < 4.78 is 17.1. The summed E-state index contributed by atoms with van der Waals surface area (Å²) in [7, 11) is 0.909. The summed E-state index contributed by atoms with van der Waals surface area (Å²) in [5.74, 6) is -0.139. The second-order valence-electron chi connectivity index (χ2n) is 11.1. The predicted molar refractivity (Wildman–Crippen MR) is 140 cm³/mol. The average molecular weight is 495 g/mol. The van der Waals surface area contributed by atoms with Gasteiger partial charge in [-0.15, -0.1) is 0 Å². The second-order valence-corrected chi connectivity index (χ2v) is 11.1. The number of benzene rings is 1. The van der Waals surface area contributed by atoms with Gasteiger partial charge in [-0.1, -0.05) is 38.1 Å². The van der Waals surface area contributed by atoms with Gasteiger partial charge in [0.1, 0.15) is 6.04 Å². The second kappa shape index (κ2) is 9.94. The molecule has 0 saturated carbocycles. The third kappa shape index (κ3) is 5.04. The molecule has 3 heterocycles. The number of hydrogen-bond donors (Lipinski definition) is 2. The van der Waals surface area contributed by atoms with Crippen molar-refractivity contribution in [3.8, 4) is 11.3 Å². The van der Waals surface area contributed by atoms with Crippen molar-refractivity contribution in [1.29, 1.82) is 0 Å². The third-order valence-electron chi connectivity index (χ3n) is 7.74. The standard InChI is InChI=1S/C27H38BN3O5/c1-17(2)23(30-25(33)34-7)24(32)31-16-8-9-22(31)21-15-14-20(29-21)18-10-12-19(13-11-18)28-35-26(3,4)27(5,6)36-28/h10-15,17,22-23,29H,8-9,16H2,1-7H3,(H,30,33)/t22-,23?/m0/s1. The van der Waals surface area contributed by atoms with E-state index in [1.54, 1.807) is 0 Å². The molecule has 0 radical (unpaired) electrons. The van der Waals surface area contributed by atoms with Gasteiger partial charge in [-0.25, -0.2) is 4.79 Å². The average Bonchev–Trinajstić information content (AvgIpc) is 3.54. The fourth-order valence-corrected chi connectivity index (χ4v) is 4.81. The number of carbonyl (C=O) groups excluding carboxylic acids is 2. The highest BCUT2D eigenvalue weighted by atomic mass is 16.7. The largest absolute Gasteiger partial charge is 0.494 e. The first-order valence-corrected chi connectivity index (χ1v) is 12.7. The molecule has 2 aromatic rings. The smallest absolute Gasteiger partial charge is 0.453 e. The molecule has 2 saturated heterocycles. The molecule has 2 N–H and O–H groups in total. The molecule has 9 heteroatoms. The summed E-state index contributed by atoms with van der Waals surface area (Å²) >= 11 is 0. The number of nitrogens with zero attached hydrogens (tertiary/aromatic N) is 1. The molecule has 0 spiro atoms. The van der Waals surface area contributed by atoms with Gasteiger partial charge in [0.15, 0.2) is 0 Å². The lowest BCUT2D eigenvalue weighted by Gasteiger charge is -2.32. The zero-order valence-electron chi connectivity index (χ0n) is 22.4. The van der Waals surface area contributed by atoms with E-state index in [2.05, 4.69) is 22.4 Å². The van der Waals surface area contributed by atoms with E-state index in [0.717, 1.165) is 35.3 Å². The summed E-state index contributed by atoms with van der Waals surface area (Å²) in [6.45, 7) is 12.7. The van der Waals surface area contributed by atoms with Crippen LogP contribution in [0.2, 0.25) is 0 Å². The molecule has 2 aliphatic heterocycles. The van der Waals surface area contributed by atoms with E-state index in [1.807, 2.05) is 70.7 Å². The highest BCUT2D eigenvalue weighted by Crippen LogP contribution is 2.37. The highest BCUT2D eigenvalue weighted by molar-refractivity contribution is 6.62. The number of carbonyl (C=O) groups is 2. The van der Waals surface area contributed by atoms with Crippen LogP contribution in [-0.2, 0) is 18.8 Å².